The first-order valence-electron chi connectivity index (χ1n) is 13.2. The largest absolute Gasteiger partial charge is 0.340 e. The van der Waals surface area contributed by atoms with Gasteiger partial charge in [-0.15, -0.1) is 0 Å². The number of carbonyl (C=O) groups excluding carboxylic acids is 1. The number of carbonyl (C=O) groups is 1. The number of nitrogens with one attached hydrogen (secondary N) is 3. The summed E-state index contributed by atoms with van der Waals surface area (Å²) in [5.74, 6) is 0.320. The predicted molar refractivity (Wildman–Crippen MR) is 151 cm³/mol. The lowest BCUT2D eigenvalue weighted by Crippen LogP contribution is -2.21. The molecule has 1 amide bonds. The summed E-state index contributed by atoms with van der Waals surface area (Å²) < 4.78 is 0. The van der Waals surface area contributed by atoms with Crippen molar-refractivity contribution in [3.8, 4) is 0 Å². The maximum absolute atomic E-state index is 13.4. The van der Waals surface area contributed by atoms with Crippen LogP contribution < -0.4 is 10.6 Å². The molecule has 192 valence electrons. The van der Waals surface area contributed by atoms with Gasteiger partial charge in [0.2, 0.25) is 0 Å². The zero-order valence-electron chi connectivity index (χ0n) is 22.0. The normalized spacial score (nSPS) is 14.2. The Kier molecular flexibility index (Phi) is 7.24. The van der Waals surface area contributed by atoms with Crippen molar-refractivity contribution in [2.75, 3.05) is 30.3 Å². The molecule has 1 fully saturated rings. The SMILES string of the molecule is CC(C)(C)c1ccc(NC(=O)c2cccnc2Nc2ccc3cn[nH]c3c2)cc1CCCN1CCCC1. The van der Waals surface area contributed by atoms with Crippen LogP contribution in [0.25, 0.3) is 10.9 Å². The Hall–Kier alpha value is -3.71. The van der Waals surface area contributed by atoms with E-state index in [-0.39, 0.29) is 11.3 Å². The van der Waals surface area contributed by atoms with Crippen LogP contribution in [0.2, 0.25) is 0 Å². The Labute approximate surface area is 218 Å². The average molecular weight is 497 g/mol. The highest BCUT2D eigenvalue weighted by atomic mass is 16.1. The van der Waals surface area contributed by atoms with Gasteiger partial charge in [0.25, 0.3) is 5.91 Å². The lowest BCUT2D eigenvalue weighted by molar-refractivity contribution is 0.102. The molecular weight excluding hydrogens is 460 g/mol. The first kappa shape index (κ1) is 25.0. The molecule has 1 aliphatic heterocycles. The number of H-pyrrole nitrogens is 1. The third kappa shape index (κ3) is 6.00. The maximum atomic E-state index is 13.4. The summed E-state index contributed by atoms with van der Waals surface area (Å²) in [5, 5.41) is 14.5. The molecule has 2 aromatic heterocycles. The number of aryl methyl sites for hydroxylation is 1. The van der Waals surface area contributed by atoms with Crippen LogP contribution in [0.15, 0.2) is 60.9 Å². The minimum absolute atomic E-state index is 0.0434. The molecule has 4 aromatic rings. The fourth-order valence-corrected chi connectivity index (χ4v) is 5.15. The van der Waals surface area contributed by atoms with E-state index < -0.39 is 0 Å². The molecule has 0 saturated carbocycles. The molecule has 0 unspecified atom stereocenters. The first-order valence-corrected chi connectivity index (χ1v) is 13.2. The highest BCUT2D eigenvalue weighted by Gasteiger charge is 2.20. The maximum Gasteiger partial charge on any atom is 0.259 e. The molecule has 1 saturated heterocycles. The monoisotopic (exact) mass is 496 g/mol. The molecule has 5 rings (SSSR count). The highest BCUT2D eigenvalue weighted by Crippen LogP contribution is 2.30. The molecule has 7 heteroatoms. The van der Waals surface area contributed by atoms with E-state index >= 15 is 0 Å². The average Bonchev–Trinajstić information content (AvgIpc) is 3.56. The fraction of sp³-hybridized carbons (Fsp3) is 0.367. The second kappa shape index (κ2) is 10.7. The van der Waals surface area contributed by atoms with E-state index in [1.807, 2.05) is 24.3 Å². The molecule has 0 spiro atoms. The van der Waals surface area contributed by atoms with Crippen LogP contribution >= 0.6 is 0 Å². The summed E-state index contributed by atoms with van der Waals surface area (Å²) >= 11 is 0. The molecule has 3 N–H and O–H groups in total. The van der Waals surface area contributed by atoms with Crippen LogP contribution in [-0.2, 0) is 11.8 Å². The van der Waals surface area contributed by atoms with E-state index in [2.05, 4.69) is 63.6 Å². The number of fused-ring (bicyclic) bond motifs is 1. The van der Waals surface area contributed by atoms with Crippen molar-refractivity contribution in [1.29, 1.82) is 0 Å². The Bertz CT molecular complexity index is 1380. The number of aromatic amines is 1. The smallest absolute Gasteiger partial charge is 0.259 e. The van der Waals surface area contributed by atoms with Crippen molar-refractivity contribution >= 4 is 34.0 Å². The number of hydrogen-bond donors (Lipinski definition) is 3. The lowest BCUT2D eigenvalue weighted by Gasteiger charge is -2.24. The fourth-order valence-electron chi connectivity index (χ4n) is 5.15. The summed E-state index contributed by atoms with van der Waals surface area (Å²) in [4.78, 5) is 20.4. The number of benzene rings is 2. The van der Waals surface area contributed by atoms with Crippen molar-refractivity contribution in [2.45, 2.75) is 51.9 Å². The van der Waals surface area contributed by atoms with E-state index in [0.29, 0.717) is 11.4 Å². The Morgan fingerprint density at radius 3 is 2.68 bits per heavy atom. The Morgan fingerprint density at radius 1 is 1.05 bits per heavy atom. The number of pyridine rings is 1. The molecule has 2 aromatic carbocycles. The predicted octanol–water partition coefficient (Wildman–Crippen LogP) is 6.28. The standard InChI is InChI=1S/C30H36N6O/c1-30(2,3)26-13-12-23(18-21(26)8-7-17-36-15-4-5-16-36)34-29(37)25-9-6-14-31-28(25)33-24-11-10-22-20-32-35-27(22)19-24/h6,9-14,18-20H,4-5,7-8,15-17H2,1-3H3,(H,31,33)(H,32,35)(H,34,37). The van der Waals surface area contributed by atoms with Gasteiger partial charge in [-0.3, -0.25) is 9.89 Å². The van der Waals surface area contributed by atoms with Crippen LogP contribution in [0.1, 0.15) is 61.5 Å². The quantitative estimate of drug-likeness (QED) is 0.267. The van der Waals surface area contributed by atoms with Gasteiger partial charge in [-0.05, 0) is 104 Å². The second-order valence-corrected chi connectivity index (χ2v) is 10.9. The number of likely N-dealkylation sites (tertiary alicyclic amines) is 1. The van der Waals surface area contributed by atoms with Gasteiger partial charge in [0.1, 0.15) is 5.82 Å². The van der Waals surface area contributed by atoms with Crippen molar-refractivity contribution in [1.82, 2.24) is 20.1 Å². The number of rotatable bonds is 8. The van der Waals surface area contributed by atoms with Crippen molar-refractivity contribution in [3.05, 3.63) is 77.6 Å². The van der Waals surface area contributed by atoms with Gasteiger partial charge < -0.3 is 15.5 Å². The first-order chi connectivity index (χ1) is 17.9. The van der Waals surface area contributed by atoms with E-state index in [0.717, 1.165) is 41.7 Å². The summed E-state index contributed by atoms with van der Waals surface area (Å²) in [6, 6.07) is 15.8. The van der Waals surface area contributed by atoms with Gasteiger partial charge in [0, 0.05) is 23.0 Å². The molecule has 0 atom stereocenters. The molecular formula is C30H36N6O. The van der Waals surface area contributed by atoms with Gasteiger partial charge in [-0.1, -0.05) is 26.8 Å². The minimum atomic E-state index is -0.190. The topological polar surface area (TPSA) is 85.9 Å². The van der Waals surface area contributed by atoms with Gasteiger partial charge in [-0.25, -0.2) is 4.98 Å². The summed E-state index contributed by atoms with van der Waals surface area (Å²) in [7, 11) is 0. The third-order valence-corrected chi connectivity index (χ3v) is 7.05. The van der Waals surface area contributed by atoms with Gasteiger partial charge in [-0.2, -0.15) is 5.10 Å². The van der Waals surface area contributed by atoms with Crippen LogP contribution in [0.4, 0.5) is 17.2 Å². The minimum Gasteiger partial charge on any atom is -0.340 e. The molecule has 7 nitrogen and oxygen atoms in total. The van der Waals surface area contributed by atoms with E-state index in [1.54, 1.807) is 24.5 Å². The van der Waals surface area contributed by atoms with Crippen molar-refractivity contribution in [2.24, 2.45) is 0 Å². The molecule has 0 bridgehead atoms. The van der Waals surface area contributed by atoms with Crippen molar-refractivity contribution in [3.63, 3.8) is 0 Å². The summed E-state index contributed by atoms with van der Waals surface area (Å²) in [6.07, 6.45) is 8.23. The second-order valence-electron chi connectivity index (χ2n) is 10.9. The van der Waals surface area contributed by atoms with E-state index in [9.17, 15) is 4.79 Å². The van der Waals surface area contributed by atoms with Gasteiger partial charge in [0.15, 0.2) is 0 Å². The highest BCUT2D eigenvalue weighted by molar-refractivity contribution is 6.08. The molecule has 3 heterocycles. The zero-order valence-corrected chi connectivity index (χ0v) is 22.0. The number of aromatic nitrogens is 3. The number of amides is 1. The summed E-state index contributed by atoms with van der Waals surface area (Å²) in [6.45, 7) is 10.3. The van der Waals surface area contributed by atoms with Crippen molar-refractivity contribution < 1.29 is 4.79 Å². The van der Waals surface area contributed by atoms with Crippen LogP contribution in [-0.4, -0.2) is 45.6 Å². The Balaban J connectivity index is 1.33. The van der Waals surface area contributed by atoms with Crippen LogP contribution in [0.5, 0.6) is 0 Å². The Morgan fingerprint density at radius 2 is 1.86 bits per heavy atom. The van der Waals surface area contributed by atoms with E-state index in [4.69, 9.17) is 0 Å². The zero-order chi connectivity index (χ0) is 25.8. The molecule has 1 aliphatic rings. The van der Waals surface area contributed by atoms with E-state index in [1.165, 1.54) is 37.1 Å². The molecule has 0 radical (unpaired) electrons. The summed E-state index contributed by atoms with van der Waals surface area (Å²) in [5.41, 5.74) is 5.74. The molecule has 0 aliphatic carbocycles. The lowest BCUT2D eigenvalue weighted by atomic mass is 9.82. The van der Waals surface area contributed by atoms with Crippen LogP contribution in [0, 0.1) is 0 Å². The molecule has 37 heavy (non-hydrogen) atoms. The van der Waals surface area contributed by atoms with Gasteiger partial charge >= 0.3 is 0 Å². The van der Waals surface area contributed by atoms with Crippen LogP contribution in [0.3, 0.4) is 0 Å². The van der Waals surface area contributed by atoms with Gasteiger partial charge in [0.05, 0.1) is 17.3 Å². The third-order valence-electron chi connectivity index (χ3n) is 7.05. The number of hydrogen-bond acceptors (Lipinski definition) is 5. The number of anilines is 3. The number of nitrogens with zero attached hydrogens (tertiary/aromatic N) is 3.